The molecule has 0 aliphatic heterocycles. The molecule has 0 fully saturated rings. The SMILES string of the molecule is Cc1ccc(NC(=O)C(=O)NC[C@H](c2cccs2)n2cccn2)cc1F. The molecule has 0 spiro atoms. The molecule has 6 nitrogen and oxygen atoms in total. The van der Waals surface area contributed by atoms with Crippen molar-refractivity contribution in [2.75, 3.05) is 11.9 Å². The highest BCUT2D eigenvalue weighted by atomic mass is 32.1. The first-order chi connectivity index (χ1) is 12.5. The molecule has 26 heavy (non-hydrogen) atoms. The van der Waals surface area contributed by atoms with Crippen molar-refractivity contribution in [1.29, 1.82) is 0 Å². The number of amides is 2. The molecule has 3 aromatic rings. The normalized spacial score (nSPS) is 11.8. The lowest BCUT2D eigenvalue weighted by molar-refractivity contribution is -0.136. The molecule has 0 radical (unpaired) electrons. The van der Waals surface area contributed by atoms with Gasteiger partial charge in [-0.15, -0.1) is 11.3 Å². The first kappa shape index (κ1) is 17.8. The molecule has 2 amide bonds. The van der Waals surface area contributed by atoms with Crippen molar-refractivity contribution in [2.45, 2.75) is 13.0 Å². The standard InChI is InChI=1S/C18H17FN4O2S/c1-12-5-6-13(10-14(12)19)22-18(25)17(24)20-11-15(16-4-2-9-26-16)23-8-3-7-21-23/h2-10,15H,11H2,1H3,(H,20,24)(H,22,25)/t15-/m1/s1. The zero-order chi connectivity index (χ0) is 18.5. The van der Waals surface area contributed by atoms with E-state index in [-0.39, 0.29) is 18.3 Å². The van der Waals surface area contributed by atoms with E-state index in [1.54, 1.807) is 47.5 Å². The fourth-order valence-electron chi connectivity index (χ4n) is 2.40. The number of thiophene rings is 1. The average molecular weight is 372 g/mol. The van der Waals surface area contributed by atoms with Gasteiger partial charge in [0.25, 0.3) is 0 Å². The molecular formula is C18H17FN4O2S. The van der Waals surface area contributed by atoms with Crippen molar-refractivity contribution in [1.82, 2.24) is 15.1 Å². The molecule has 0 aliphatic rings. The third kappa shape index (κ3) is 4.15. The molecule has 0 saturated carbocycles. The number of benzene rings is 1. The minimum absolute atomic E-state index is 0.205. The van der Waals surface area contributed by atoms with Gasteiger partial charge < -0.3 is 10.6 Å². The number of carbonyl (C=O) groups is 2. The van der Waals surface area contributed by atoms with Crippen LogP contribution in [0.2, 0.25) is 0 Å². The number of anilines is 1. The summed E-state index contributed by atoms with van der Waals surface area (Å²) in [7, 11) is 0. The van der Waals surface area contributed by atoms with Crippen LogP contribution in [-0.2, 0) is 9.59 Å². The van der Waals surface area contributed by atoms with Crippen LogP contribution in [0.5, 0.6) is 0 Å². The Morgan fingerprint density at radius 2 is 2.12 bits per heavy atom. The number of aryl methyl sites for hydroxylation is 1. The van der Waals surface area contributed by atoms with E-state index < -0.39 is 17.6 Å². The lowest BCUT2D eigenvalue weighted by Crippen LogP contribution is -2.38. The third-order valence-corrected chi connectivity index (χ3v) is 4.78. The largest absolute Gasteiger partial charge is 0.345 e. The second-order valence-corrected chi connectivity index (χ2v) is 6.62. The molecule has 0 saturated heterocycles. The van der Waals surface area contributed by atoms with E-state index in [1.165, 1.54) is 12.1 Å². The van der Waals surface area contributed by atoms with Crippen LogP contribution in [0.3, 0.4) is 0 Å². The predicted molar refractivity (Wildman–Crippen MR) is 97.5 cm³/mol. The second kappa shape index (κ2) is 7.92. The van der Waals surface area contributed by atoms with Crippen LogP contribution in [0.25, 0.3) is 0 Å². The van der Waals surface area contributed by atoms with Gasteiger partial charge in [0.2, 0.25) is 0 Å². The van der Waals surface area contributed by atoms with E-state index in [9.17, 15) is 14.0 Å². The fourth-order valence-corrected chi connectivity index (χ4v) is 3.22. The quantitative estimate of drug-likeness (QED) is 0.676. The zero-order valence-corrected chi connectivity index (χ0v) is 14.8. The summed E-state index contributed by atoms with van der Waals surface area (Å²) in [5.74, 6) is -2.09. The zero-order valence-electron chi connectivity index (χ0n) is 14.0. The van der Waals surface area contributed by atoms with Gasteiger partial charge in [-0.3, -0.25) is 14.3 Å². The molecule has 2 N–H and O–H groups in total. The minimum Gasteiger partial charge on any atom is -0.345 e. The van der Waals surface area contributed by atoms with E-state index >= 15 is 0 Å². The molecule has 8 heteroatoms. The van der Waals surface area contributed by atoms with Gasteiger partial charge in [-0.1, -0.05) is 12.1 Å². The summed E-state index contributed by atoms with van der Waals surface area (Å²) in [6.45, 7) is 1.82. The predicted octanol–water partition coefficient (Wildman–Crippen LogP) is 2.74. The van der Waals surface area contributed by atoms with E-state index in [4.69, 9.17) is 0 Å². The first-order valence-corrected chi connectivity index (χ1v) is 8.80. The molecule has 2 aromatic heterocycles. The summed E-state index contributed by atoms with van der Waals surface area (Å²) >= 11 is 1.54. The maximum absolute atomic E-state index is 13.5. The topological polar surface area (TPSA) is 76.0 Å². The van der Waals surface area contributed by atoms with Gasteiger partial charge >= 0.3 is 11.8 Å². The van der Waals surface area contributed by atoms with Crippen LogP contribution in [-0.4, -0.2) is 28.1 Å². The number of hydrogen-bond donors (Lipinski definition) is 2. The monoisotopic (exact) mass is 372 g/mol. The number of rotatable bonds is 5. The number of nitrogens with zero attached hydrogens (tertiary/aromatic N) is 2. The fraction of sp³-hybridized carbons (Fsp3) is 0.167. The number of hydrogen-bond acceptors (Lipinski definition) is 4. The number of aromatic nitrogens is 2. The Bertz CT molecular complexity index is 860. The highest BCUT2D eigenvalue weighted by Gasteiger charge is 2.19. The van der Waals surface area contributed by atoms with Crippen molar-refractivity contribution in [3.63, 3.8) is 0 Å². The molecule has 2 heterocycles. The van der Waals surface area contributed by atoms with E-state index in [0.717, 1.165) is 4.88 Å². The summed E-state index contributed by atoms with van der Waals surface area (Å²) in [5.41, 5.74) is 0.695. The van der Waals surface area contributed by atoms with Gasteiger partial charge in [0.15, 0.2) is 0 Å². The smallest absolute Gasteiger partial charge is 0.313 e. The molecule has 134 valence electrons. The Labute approximate surface area is 153 Å². The van der Waals surface area contributed by atoms with Crippen LogP contribution in [0.4, 0.5) is 10.1 Å². The highest BCUT2D eigenvalue weighted by molar-refractivity contribution is 7.10. The molecule has 0 unspecified atom stereocenters. The minimum atomic E-state index is -0.848. The van der Waals surface area contributed by atoms with Crippen molar-refractivity contribution < 1.29 is 14.0 Å². The Balaban J connectivity index is 1.63. The summed E-state index contributed by atoms with van der Waals surface area (Å²) in [6, 6.07) is 9.70. The number of nitrogens with one attached hydrogen (secondary N) is 2. The van der Waals surface area contributed by atoms with Crippen molar-refractivity contribution >= 4 is 28.8 Å². The molecular weight excluding hydrogens is 355 g/mol. The van der Waals surface area contributed by atoms with Crippen LogP contribution in [0.1, 0.15) is 16.5 Å². The van der Waals surface area contributed by atoms with Crippen LogP contribution < -0.4 is 10.6 Å². The van der Waals surface area contributed by atoms with E-state index in [2.05, 4.69) is 15.7 Å². The maximum Gasteiger partial charge on any atom is 0.313 e. The Hall–Kier alpha value is -3.00. The van der Waals surface area contributed by atoms with E-state index in [1.807, 2.05) is 17.5 Å². The van der Waals surface area contributed by atoms with Crippen LogP contribution >= 0.6 is 11.3 Å². The van der Waals surface area contributed by atoms with E-state index in [0.29, 0.717) is 5.56 Å². The van der Waals surface area contributed by atoms with Gasteiger partial charge in [-0.05, 0) is 42.1 Å². The van der Waals surface area contributed by atoms with Gasteiger partial charge in [-0.25, -0.2) is 4.39 Å². The number of halogens is 1. The Kier molecular flexibility index (Phi) is 5.43. The lowest BCUT2D eigenvalue weighted by Gasteiger charge is -2.17. The first-order valence-electron chi connectivity index (χ1n) is 7.92. The lowest BCUT2D eigenvalue weighted by atomic mass is 10.2. The van der Waals surface area contributed by atoms with Gasteiger partial charge in [-0.2, -0.15) is 5.10 Å². The Morgan fingerprint density at radius 1 is 1.27 bits per heavy atom. The van der Waals surface area contributed by atoms with Crippen molar-refractivity contribution in [3.05, 3.63) is 70.4 Å². The molecule has 3 rings (SSSR count). The number of carbonyl (C=O) groups excluding carboxylic acids is 2. The van der Waals surface area contributed by atoms with Crippen LogP contribution in [0, 0.1) is 12.7 Å². The third-order valence-electron chi connectivity index (χ3n) is 3.81. The molecule has 0 bridgehead atoms. The highest BCUT2D eigenvalue weighted by Crippen LogP contribution is 2.21. The Morgan fingerprint density at radius 3 is 2.77 bits per heavy atom. The van der Waals surface area contributed by atoms with Crippen molar-refractivity contribution in [2.24, 2.45) is 0 Å². The summed E-state index contributed by atoms with van der Waals surface area (Å²) in [6.07, 6.45) is 3.45. The molecule has 1 atom stereocenters. The van der Waals surface area contributed by atoms with Gasteiger partial charge in [0.05, 0.1) is 0 Å². The van der Waals surface area contributed by atoms with Gasteiger partial charge in [0, 0.05) is 29.5 Å². The average Bonchev–Trinajstić information content (AvgIpc) is 3.32. The van der Waals surface area contributed by atoms with Crippen LogP contribution in [0.15, 0.2) is 54.2 Å². The summed E-state index contributed by atoms with van der Waals surface area (Å²) in [5, 5.41) is 11.1. The summed E-state index contributed by atoms with van der Waals surface area (Å²) < 4.78 is 15.3. The molecule has 0 aliphatic carbocycles. The van der Waals surface area contributed by atoms with Crippen molar-refractivity contribution in [3.8, 4) is 0 Å². The summed E-state index contributed by atoms with van der Waals surface area (Å²) in [4.78, 5) is 25.1. The van der Waals surface area contributed by atoms with Gasteiger partial charge in [0.1, 0.15) is 11.9 Å². The molecule has 1 aromatic carbocycles. The second-order valence-electron chi connectivity index (χ2n) is 5.65. The maximum atomic E-state index is 13.5.